The minimum atomic E-state index is -0.273. The minimum absolute atomic E-state index is 0.273. The van der Waals surface area contributed by atoms with Gasteiger partial charge in [0.1, 0.15) is 0 Å². The number of aromatic nitrogens is 1. The molecule has 0 fully saturated rings. The van der Waals surface area contributed by atoms with Crippen LogP contribution < -0.4 is 5.73 Å². The molecule has 0 aliphatic carbocycles. The summed E-state index contributed by atoms with van der Waals surface area (Å²) in [5, 5.41) is 1.19. The lowest BCUT2D eigenvalue weighted by Gasteiger charge is -2.18. The van der Waals surface area contributed by atoms with Crippen molar-refractivity contribution in [1.29, 1.82) is 0 Å². The third-order valence-corrected chi connectivity index (χ3v) is 3.64. The highest BCUT2D eigenvalue weighted by molar-refractivity contribution is 7.18. The Kier molecular flexibility index (Phi) is 2.52. The maximum Gasteiger partial charge on any atom is 0.0935 e. The Morgan fingerprint density at radius 1 is 1.40 bits per heavy atom. The van der Waals surface area contributed by atoms with Gasteiger partial charge in [0.05, 0.1) is 15.2 Å². The summed E-state index contributed by atoms with van der Waals surface area (Å²) in [5.74, 6) is 0. The number of thiazole rings is 1. The first-order valence-electron chi connectivity index (χ1n) is 5.19. The molecule has 1 aromatic carbocycles. The largest absolute Gasteiger partial charge is 0.322 e. The van der Waals surface area contributed by atoms with Gasteiger partial charge >= 0.3 is 0 Å². The third kappa shape index (κ3) is 2.03. The Bertz CT molecular complexity index is 480. The molecule has 0 spiro atoms. The van der Waals surface area contributed by atoms with Crippen LogP contribution in [0.25, 0.3) is 10.2 Å². The normalized spacial score (nSPS) is 12.3. The van der Waals surface area contributed by atoms with E-state index < -0.39 is 0 Å². The van der Waals surface area contributed by atoms with Crippen LogP contribution in [0, 0.1) is 0 Å². The summed E-state index contributed by atoms with van der Waals surface area (Å²) in [6, 6.07) is 6.29. The van der Waals surface area contributed by atoms with Crippen LogP contribution in [0.2, 0.25) is 0 Å². The summed E-state index contributed by atoms with van der Waals surface area (Å²) < 4.78 is 1.24. The van der Waals surface area contributed by atoms with Crippen molar-refractivity contribution in [3.05, 3.63) is 28.8 Å². The van der Waals surface area contributed by atoms with Crippen LogP contribution >= 0.6 is 11.3 Å². The van der Waals surface area contributed by atoms with Crippen LogP contribution in [0.5, 0.6) is 0 Å². The van der Waals surface area contributed by atoms with Crippen LogP contribution in [-0.2, 0) is 12.0 Å². The molecular weight excluding hydrogens is 204 g/mol. The summed E-state index contributed by atoms with van der Waals surface area (Å²) in [7, 11) is 0. The smallest absolute Gasteiger partial charge is 0.0935 e. The van der Waals surface area contributed by atoms with Gasteiger partial charge in [-0.15, -0.1) is 11.3 Å². The highest BCUT2D eigenvalue weighted by Crippen LogP contribution is 2.27. The quantitative estimate of drug-likeness (QED) is 0.844. The van der Waals surface area contributed by atoms with Crippen LogP contribution in [0.4, 0.5) is 0 Å². The Morgan fingerprint density at radius 2 is 2.13 bits per heavy atom. The van der Waals surface area contributed by atoms with E-state index in [1.807, 2.05) is 13.8 Å². The SMILES string of the molecule is CCc1nc2ccc(C(C)(C)N)cc2s1. The molecule has 2 aromatic rings. The number of benzene rings is 1. The van der Waals surface area contributed by atoms with Gasteiger partial charge < -0.3 is 5.73 Å². The molecule has 2 nitrogen and oxygen atoms in total. The zero-order valence-corrected chi connectivity index (χ0v) is 10.2. The number of nitrogens with zero attached hydrogens (tertiary/aromatic N) is 1. The van der Waals surface area contributed by atoms with E-state index in [-0.39, 0.29) is 5.54 Å². The van der Waals surface area contributed by atoms with Gasteiger partial charge in [0.25, 0.3) is 0 Å². The van der Waals surface area contributed by atoms with Crippen molar-refractivity contribution >= 4 is 21.6 Å². The number of aryl methyl sites for hydroxylation is 1. The minimum Gasteiger partial charge on any atom is -0.322 e. The maximum absolute atomic E-state index is 6.07. The van der Waals surface area contributed by atoms with Crippen LogP contribution in [0.1, 0.15) is 31.3 Å². The summed E-state index contributed by atoms with van der Waals surface area (Å²) in [6.07, 6.45) is 1.00. The molecule has 0 saturated carbocycles. The van der Waals surface area contributed by atoms with Crippen molar-refractivity contribution in [2.75, 3.05) is 0 Å². The van der Waals surface area contributed by atoms with Gasteiger partial charge in [-0.3, -0.25) is 0 Å². The molecule has 0 radical (unpaired) electrons. The van der Waals surface area contributed by atoms with Crippen molar-refractivity contribution in [2.24, 2.45) is 5.73 Å². The van der Waals surface area contributed by atoms with Crippen molar-refractivity contribution in [3.8, 4) is 0 Å². The molecule has 0 aliphatic heterocycles. The van der Waals surface area contributed by atoms with E-state index in [0.29, 0.717) is 0 Å². The maximum atomic E-state index is 6.07. The first-order valence-corrected chi connectivity index (χ1v) is 6.01. The topological polar surface area (TPSA) is 38.9 Å². The molecule has 1 aromatic heterocycles. The van der Waals surface area contributed by atoms with E-state index in [4.69, 9.17) is 5.73 Å². The van der Waals surface area contributed by atoms with E-state index in [9.17, 15) is 0 Å². The predicted octanol–water partition coefficient (Wildman–Crippen LogP) is 3.05. The summed E-state index contributed by atoms with van der Waals surface area (Å²) in [6.45, 7) is 6.18. The molecule has 0 aliphatic rings. The molecule has 3 heteroatoms. The van der Waals surface area contributed by atoms with Gasteiger partial charge in [0, 0.05) is 5.54 Å². The van der Waals surface area contributed by atoms with Gasteiger partial charge in [0.2, 0.25) is 0 Å². The lowest BCUT2D eigenvalue weighted by Crippen LogP contribution is -2.28. The molecule has 1 heterocycles. The van der Waals surface area contributed by atoms with E-state index in [0.717, 1.165) is 11.9 Å². The third-order valence-electron chi connectivity index (χ3n) is 2.48. The molecule has 0 amide bonds. The number of rotatable bonds is 2. The van der Waals surface area contributed by atoms with Crippen molar-refractivity contribution < 1.29 is 0 Å². The molecule has 80 valence electrons. The van der Waals surface area contributed by atoms with E-state index in [1.54, 1.807) is 11.3 Å². The molecule has 15 heavy (non-hydrogen) atoms. The molecule has 0 saturated heterocycles. The summed E-state index contributed by atoms with van der Waals surface area (Å²) >= 11 is 1.76. The van der Waals surface area contributed by atoms with Gasteiger partial charge in [-0.2, -0.15) is 0 Å². The molecule has 2 N–H and O–H groups in total. The second-order valence-electron chi connectivity index (χ2n) is 4.37. The Balaban J connectivity index is 2.55. The number of nitrogens with two attached hydrogens (primary N) is 1. The monoisotopic (exact) mass is 220 g/mol. The Morgan fingerprint density at radius 3 is 2.73 bits per heavy atom. The molecular formula is C12H16N2S. The number of hydrogen-bond donors (Lipinski definition) is 1. The summed E-state index contributed by atoms with van der Waals surface area (Å²) in [5.41, 5.74) is 8.05. The van der Waals surface area contributed by atoms with Crippen molar-refractivity contribution in [1.82, 2.24) is 4.98 Å². The van der Waals surface area contributed by atoms with Crippen LogP contribution in [0.15, 0.2) is 18.2 Å². The van der Waals surface area contributed by atoms with Gasteiger partial charge in [-0.05, 0) is 38.0 Å². The zero-order chi connectivity index (χ0) is 11.1. The zero-order valence-electron chi connectivity index (χ0n) is 9.37. The van der Waals surface area contributed by atoms with Gasteiger partial charge in [-0.25, -0.2) is 4.98 Å². The number of fused-ring (bicyclic) bond motifs is 1. The summed E-state index contributed by atoms with van der Waals surface area (Å²) in [4.78, 5) is 4.53. The van der Waals surface area contributed by atoms with Crippen LogP contribution in [-0.4, -0.2) is 4.98 Å². The van der Waals surface area contributed by atoms with Crippen LogP contribution in [0.3, 0.4) is 0 Å². The van der Waals surface area contributed by atoms with Gasteiger partial charge in [-0.1, -0.05) is 13.0 Å². The lowest BCUT2D eigenvalue weighted by molar-refractivity contribution is 0.555. The highest BCUT2D eigenvalue weighted by Gasteiger charge is 2.15. The second kappa shape index (κ2) is 3.58. The fraction of sp³-hybridized carbons (Fsp3) is 0.417. The fourth-order valence-electron chi connectivity index (χ4n) is 1.52. The van der Waals surface area contributed by atoms with E-state index >= 15 is 0 Å². The Hall–Kier alpha value is -0.930. The van der Waals surface area contributed by atoms with Crippen molar-refractivity contribution in [2.45, 2.75) is 32.7 Å². The second-order valence-corrected chi connectivity index (χ2v) is 5.48. The van der Waals surface area contributed by atoms with Crippen molar-refractivity contribution in [3.63, 3.8) is 0 Å². The predicted molar refractivity (Wildman–Crippen MR) is 66.2 cm³/mol. The standard InChI is InChI=1S/C12H16N2S/c1-4-11-14-9-6-5-8(12(2,3)13)7-10(9)15-11/h5-7H,4,13H2,1-3H3. The van der Waals surface area contributed by atoms with Gasteiger partial charge in [0.15, 0.2) is 0 Å². The first kappa shape index (κ1) is 10.6. The highest BCUT2D eigenvalue weighted by atomic mass is 32.1. The molecule has 2 rings (SSSR count). The molecule has 0 atom stereocenters. The average Bonchev–Trinajstić information content (AvgIpc) is 2.57. The lowest BCUT2D eigenvalue weighted by atomic mass is 9.96. The average molecular weight is 220 g/mol. The molecule has 0 unspecified atom stereocenters. The van der Waals surface area contributed by atoms with E-state index in [2.05, 4.69) is 30.1 Å². The van der Waals surface area contributed by atoms with E-state index in [1.165, 1.54) is 15.3 Å². The molecule has 0 bridgehead atoms. The number of hydrogen-bond acceptors (Lipinski definition) is 3. The first-order chi connectivity index (χ1) is 7.00. The Labute approximate surface area is 94.1 Å². The fourth-order valence-corrected chi connectivity index (χ4v) is 2.47.